The number of amides is 1. The highest BCUT2D eigenvalue weighted by molar-refractivity contribution is 6.64. The van der Waals surface area contributed by atoms with Gasteiger partial charge in [0, 0.05) is 18.7 Å². The summed E-state index contributed by atoms with van der Waals surface area (Å²) >= 11 is 0. The van der Waals surface area contributed by atoms with Crippen LogP contribution in [-0.2, 0) is 9.31 Å². The fourth-order valence-corrected chi connectivity index (χ4v) is 3.69. The van der Waals surface area contributed by atoms with Gasteiger partial charge in [-0.2, -0.15) is 0 Å². The zero-order chi connectivity index (χ0) is 18.4. The summed E-state index contributed by atoms with van der Waals surface area (Å²) in [5.41, 5.74) is 1.80. The van der Waals surface area contributed by atoms with Gasteiger partial charge in [0.2, 0.25) is 0 Å². The molecule has 1 aromatic carbocycles. The van der Waals surface area contributed by atoms with Crippen LogP contribution in [0.1, 0.15) is 63.4 Å². The van der Waals surface area contributed by atoms with Crippen LogP contribution in [0.4, 0.5) is 0 Å². The third-order valence-electron chi connectivity index (χ3n) is 5.99. The van der Waals surface area contributed by atoms with Gasteiger partial charge in [-0.15, -0.1) is 0 Å². The lowest BCUT2D eigenvalue weighted by molar-refractivity contribution is 0.00578. The summed E-state index contributed by atoms with van der Waals surface area (Å²) in [4.78, 5) is 15.2. The van der Waals surface area contributed by atoms with Gasteiger partial charge in [0.25, 0.3) is 5.91 Å². The van der Waals surface area contributed by atoms with Crippen molar-refractivity contribution in [3.8, 4) is 0 Å². The van der Waals surface area contributed by atoms with Crippen molar-refractivity contribution in [2.45, 2.75) is 65.6 Å². The first-order chi connectivity index (χ1) is 11.6. The Labute approximate surface area is 152 Å². The summed E-state index contributed by atoms with van der Waals surface area (Å²) in [6.07, 6.45) is 2.27. The highest BCUT2D eigenvalue weighted by atomic mass is 16.7. The van der Waals surface area contributed by atoms with Crippen LogP contribution in [0.15, 0.2) is 18.2 Å². The highest BCUT2D eigenvalue weighted by Gasteiger charge is 2.53. The van der Waals surface area contributed by atoms with Gasteiger partial charge in [0.1, 0.15) is 0 Å². The number of piperidine rings is 1. The molecular weight excluding hydrogens is 313 g/mol. The minimum Gasteiger partial charge on any atom is -0.399 e. The number of aryl methyl sites for hydroxylation is 1. The number of benzene rings is 1. The Morgan fingerprint density at radius 1 is 1.20 bits per heavy atom. The lowest BCUT2D eigenvalue weighted by Crippen LogP contribution is -2.45. The first-order valence-electron chi connectivity index (χ1n) is 9.37. The number of rotatable bonds is 2. The van der Waals surface area contributed by atoms with Gasteiger partial charge < -0.3 is 14.2 Å². The zero-order valence-electron chi connectivity index (χ0n) is 16.4. The summed E-state index contributed by atoms with van der Waals surface area (Å²) in [6.45, 7) is 14.1. The molecule has 136 valence electrons. The summed E-state index contributed by atoms with van der Waals surface area (Å²) in [6, 6.07) is 5.88. The predicted molar refractivity (Wildman–Crippen MR) is 101 cm³/mol. The minimum absolute atomic E-state index is 0.0972. The predicted octanol–water partition coefficient (Wildman–Crippen LogP) is 3.17. The first-order valence-corrected chi connectivity index (χ1v) is 9.37. The largest absolute Gasteiger partial charge is 0.495 e. The maximum absolute atomic E-state index is 13.2. The second kappa shape index (κ2) is 6.44. The SMILES string of the molecule is Cc1cccc(C(=O)N2CCCC(C)C2)c1B1OC(C)(C)C(C)(C)O1. The molecule has 2 aliphatic rings. The molecule has 2 saturated heterocycles. The molecule has 1 unspecified atom stereocenters. The van der Waals surface area contributed by atoms with Gasteiger partial charge in [-0.3, -0.25) is 4.79 Å². The van der Waals surface area contributed by atoms with Crippen LogP contribution < -0.4 is 5.46 Å². The molecule has 25 heavy (non-hydrogen) atoms. The van der Waals surface area contributed by atoms with Crippen LogP contribution in [0.3, 0.4) is 0 Å². The first kappa shape index (κ1) is 18.5. The number of hydrogen-bond acceptors (Lipinski definition) is 3. The fraction of sp³-hybridized carbons (Fsp3) is 0.650. The van der Waals surface area contributed by atoms with E-state index in [4.69, 9.17) is 9.31 Å². The third kappa shape index (κ3) is 3.36. The van der Waals surface area contributed by atoms with Crippen molar-refractivity contribution in [2.24, 2.45) is 5.92 Å². The Balaban J connectivity index is 1.95. The van der Waals surface area contributed by atoms with Crippen molar-refractivity contribution >= 4 is 18.5 Å². The molecule has 1 aromatic rings. The molecule has 0 spiro atoms. The molecule has 0 bridgehead atoms. The van der Waals surface area contributed by atoms with Crippen molar-refractivity contribution in [2.75, 3.05) is 13.1 Å². The maximum atomic E-state index is 13.2. The highest BCUT2D eigenvalue weighted by Crippen LogP contribution is 2.37. The second-order valence-electron chi connectivity index (χ2n) is 8.62. The van der Waals surface area contributed by atoms with Crippen molar-refractivity contribution in [3.05, 3.63) is 29.3 Å². The van der Waals surface area contributed by atoms with Crippen LogP contribution in [0, 0.1) is 12.8 Å². The van der Waals surface area contributed by atoms with Crippen molar-refractivity contribution < 1.29 is 14.1 Å². The monoisotopic (exact) mass is 343 g/mol. The Kier molecular flexibility index (Phi) is 4.76. The van der Waals surface area contributed by atoms with Gasteiger partial charge in [-0.05, 0) is 64.9 Å². The molecule has 2 fully saturated rings. The number of hydrogen-bond donors (Lipinski definition) is 0. The molecular formula is C20H30BNO3. The van der Waals surface area contributed by atoms with E-state index < -0.39 is 18.3 Å². The molecule has 2 heterocycles. The Hall–Kier alpha value is -1.33. The van der Waals surface area contributed by atoms with Crippen molar-refractivity contribution in [3.63, 3.8) is 0 Å². The lowest BCUT2D eigenvalue weighted by Gasteiger charge is -2.32. The van der Waals surface area contributed by atoms with E-state index in [1.54, 1.807) is 0 Å². The molecule has 0 saturated carbocycles. The van der Waals surface area contributed by atoms with Crippen LogP contribution >= 0.6 is 0 Å². The van der Waals surface area contributed by atoms with E-state index in [1.807, 2.05) is 57.7 Å². The Morgan fingerprint density at radius 3 is 2.44 bits per heavy atom. The number of carbonyl (C=O) groups is 1. The molecule has 5 heteroatoms. The van der Waals surface area contributed by atoms with E-state index in [0.29, 0.717) is 11.5 Å². The van der Waals surface area contributed by atoms with Gasteiger partial charge in [0.05, 0.1) is 11.2 Å². The van der Waals surface area contributed by atoms with Gasteiger partial charge in [0.15, 0.2) is 0 Å². The molecule has 2 aliphatic heterocycles. The maximum Gasteiger partial charge on any atom is 0.495 e. The number of likely N-dealkylation sites (tertiary alicyclic amines) is 1. The molecule has 3 rings (SSSR count). The van der Waals surface area contributed by atoms with Crippen LogP contribution in [0.25, 0.3) is 0 Å². The Morgan fingerprint density at radius 2 is 1.84 bits per heavy atom. The van der Waals surface area contributed by atoms with Gasteiger partial charge in [-0.25, -0.2) is 0 Å². The molecule has 0 N–H and O–H groups in total. The average Bonchev–Trinajstić information content (AvgIpc) is 2.74. The number of carbonyl (C=O) groups excluding carboxylic acids is 1. The summed E-state index contributed by atoms with van der Waals surface area (Å²) in [5.74, 6) is 0.655. The molecule has 0 aliphatic carbocycles. The van der Waals surface area contributed by atoms with Crippen LogP contribution in [-0.4, -0.2) is 42.2 Å². The average molecular weight is 343 g/mol. The molecule has 0 radical (unpaired) electrons. The van der Waals surface area contributed by atoms with E-state index in [9.17, 15) is 4.79 Å². The zero-order valence-corrected chi connectivity index (χ0v) is 16.4. The molecule has 0 aromatic heterocycles. The van der Waals surface area contributed by atoms with E-state index in [2.05, 4.69) is 6.92 Å². The summed E-state index contributed by atoms with van der Waals surface area (Å²) in [7, 11) is -0.507. The molecule has 4 nitrogen and oxygen atoms in total. The van der Waals surface area contributed by atoms with Crippen LogP contribution in [0.2, 0.25) is 0 Å². The van der Waals surface area contributed by atoms with Crippen LogP contribution in [0.5, 0.6) is 0 Å². The van der Waals surface area contributed by atoms with E-state index in [0.717, 1.165) is 30.5 Å². The summed E-state index contributed by atoms with van der Waals surface area (Å²) < 4.78 is 12.5. The molecule has 1 amide bonds. The van der Waals surface area contributed by atoms with Crippen molar-refractivity contribution in [1.82, 2.24) is 4.90 Å². The normalized spacial score (nSPS) is 25.3. The number of nitrogens with zero attached hydrogens (tertiary/aromatic N) is 1. The van der Waals surface area contributed by atoms with E-state index >= 15 is 0 Å². The van der Waals surface area contributed by atoms with E-state index in [1.165, 1.54) is 6.42 Å². The third-order valence-corrected chi connectivity index (χ3v) is 5.99. The topological polar surface area (TPSA) is 38.8 Å². The van der Waals surface area contributed by atoms with Gasteiger partial charge >= 0.3 is 7.12 Å². The smallest absolute Gasteiger partial charge is 0.399 e. The molecule has 1 atom stereocenters. The quantitative estimate of drug-likeness (QED) is 0.775. The lowest BCUT2D eigenvalue weighted by atomic mass is 9.73. The minimum atomic E-state index is -0.507. The van der Waals surface area contributed by atoms with Gasteiger partial charge in [-0.1, -0.05) is 24.6 Å². The second-order valence-corrected chi connectivity index (χ2v) is 8.62. The Bertz CT molecular complexity index is 655. The van der Waals surface area contributed by atoms with E-state index in [-0.39, 0.29) is 5.91 Å². The fourth-order valence-electron chi connectivity index (χ4n) is 3.69. The summed E-state index contributed by atoms with van der Waals surface area (Å²) in [5, 5.41) is 0. The van der Waals surface area contributed by atoms with Crippen molar-refractivity contribution in [1.29, 1.82) is 0 Å². The standard InChI is InChI=1S/C20H30BNO3/c1-14-9-8-12-22(13-14)18(23)16-11-7-10-15(2)17(16)21-24-19(3,4)20(5,6)25-21/h7,10-11,14H,8-9,12-13H2,1-6H3.